The van der Waals surface area contributed by atoms with Crippen molar-refractivity contribution in [2.24, 2.45) is 0 Å². The van der Waals surface area contributed by atoms with Gasteiger partial charge in [-0.15, -0.1) is 0 Å². The van der Waals surface area contributed by atoms with Crippen molar-refractivity contribution in [1.29, 1.82) is 0 Å². The van der Waals surface area contributed by atoms with Crippen LogP contribution in [0.4, 0.5) is 0 Å². The minimum Gasteiger partial charge on any atom is -0.267 e. The lowest BCUT2D eigenvalue weighted by Gasteiger charge is -2.04. The van der Waals surface area contributed by atoms with Crippen LogP contribution in [-0.4, -0.2) is 29.2 Å². The third-order valence-electron chi connectivity index (χ3n) is 4.92. The monoisotopic (exact) mass is 448 g/mol. The third kappa shape index (κ3) is 3.64. The van der Waals surface area contributed by atoms with Gasteiger partial charge in [0.25, 0.3) is 5.56 Å². The van der Waals surface area contributed by atoms with Crippen molar-refractivity contribution in [3.63, 3.8) is 0 Å². The van der Waals surface area contributed by atoms with Gasteiger partial charge >= 0.3 is 0 Å². The Kier molecular flexibility index (Phi) is 5.07. The van der Waals surface area contributed by atoms with E-state index in [4.69, 9.17) is 10.1 Å². The zero-order chi connectivity index (χ0) is 21.5. The molecule has 5 rings (SSSR count). The van der Waals surface area contributed by atoms with E-state index in [1.165, 1.54) is 27.6 Å². The largest absolute Gasteiger partial charge is 0.275 e. The number of rotatable bonds is 5. The van der Waals surface area contributed by atoms with Gasteiger partial charge in [0.15, 0.2) is 5.16 Å². The Balaban J connectivity index is 1.55. The van der Waals surface area contributed by atoms with Gasteiger partial charge in [-0.2, -0.15) is 14.7 Å². The Morgan fingerprint density at radius 2 is 1.84 bits per heavy atom. The number of nitrogens with zero attached hydrogens (tertiary/aromatic N) is 6. The SMILES string of the molecule is CCc1nn2c(=O)cc(CSc3nc(-c4ccccc4)c4c(C)cc(C)nn34)nc2s1. The highest BCUT2D eigenvalue weighted by atomic mass is 32.2. The summed E-state index contributed by atoms with van der Waals surface area (Å²) in [5, 5.41) is 10.7. The molecule has 0 unspecified atom stereocenters. The van der Waals surface area contributed by atoms with Crippen molar-refractivity contribution in [2.75, 3.05) is 0 Å². The van der Waals surface area contributed by atoms with Crippen molar-refractivity contribution in [3.05, 3.63) is 74.8 Å². The number of benzene rings is 1. The molecular formula is C22H20N6OS2. The molecule has 9 heteroatoms. The summed E-state index contributed by atoms with van der Waals surface area (Å²) in [7, 11) is 0. The maximum atomic E-state index is 12.5. The first-order chi connectivity index (χ1) is 15.0. The van der Waals surface area contributed by atoms with Crippen molar-refractivity contribution in [1.82, 2.24) is 29.2 Å². The topological polar surface area (TPSA) is 77.5 Å². The molecule has 0 saturated carbocycles. The van der Waals surface area contributed by atoms with E-state index in [1.807, 2.05) is 36.6 Å². The molecule has 0 spiro atoms. The molecule has 4 aromatic heterocycles. The number of fused-ring (bicyclic) bond motifs is 2. The van der Waals surface area contributed by atoms with E-state index < -0.39 is 0 Å². The smallest absolute Gasteiger partial charge is 0.267 e. The summed E-state index contributed by atoms with van der Waals surface area (Å²) < 4.78 is 3.29. The van der Waals surface area contributed by atoms with Crippen LogP contribution in [0.3, 0.4) is 0 Å². The van der Waals surface area contributed by atoms with Crippen LogP contribution in [0.1, 0.15) is 28.9 Å². The molecule has 1 aromatic carbocycles. The number of hydrogen-bond acceptors (Lipinski definition) is 7. The number of thioether (sulfide) groups is 1. The molecule has 0 aliphatic carbocycles. The van der Waals surface area contributed by atoms with Crippen molar-refractivity contribution >= 4 is 33.6 Å². The Morgan fingerprint density at radius 1 is 1.03 bits per heavy atom. The average Bonchev–Trinajstić information content (AvgIpc) is 3.35. The molecule has 0 fully saturated rings. The Bertz CT molecular complexity index is 1470. The number of aryl methyl sites for hydroxylation is 3. The van der Waals surface area contributed by atoms with Gasteiger partial charge in [-0.25, -0.2) is 14.5 Å². The maximum absolute atomic E-state index is 12.5. The van der Waals surface area contributed by atoms with E-state index in [1.54, 1.807) is 6.07 Å². The first-order valence-corrected chi connectivity index (χ1v) is 11.8. The highest BCUT2D eigenvalue weighted by Gasteiger charge is 2.17. The standard InChI is InChI=1S/C22H20N6OS2/c1-4-17-26-27-18(29)11-16(23-22(27)31-17)12-30-21-24-19(15-8-6-5-7-9-15)20-13(2)10-14(3)25-28(20)21/h5-11H,4,12H2,1-3H3. The zero-order valence-corrected chi connectivity index (χ0v) is 19.0. The maximum Gasteiger partial charge on any atom is 0.275 e. The van der Waals surface area contributed by atoms with E-state index in [2.05, 4.69) is 35.2 Å². The zero-order valence-electron chi connectivity index (χ0n) is 17.4. The Labute approximate surface area is 186 Å². The molecule has 0 aliphatic rings. The quantitative estimate of drug-likeness (QED) is 0.373. The minimum atomic E-state index is -0.153. The predicted octanol–water partition coefficient (Wildman–Crippen LogP) is 4.33. The summed E-state index contributed by atoms with van der Waals surface area (Å²) in [5.41, 5.74) is 5.57. The highest BCUT2D eigenvalue weighted by Crippen LogP contribution is 2.31. The second-order valence-corrected chi connectivity index (χ2v) is 9.24. The van der Waals surface area contributed by atoms with Crippen LogP contribution in [0.5, 0.6) is 0 Å². The minimum absolute atomic E-state index is 0.153. The van der Waals surface area contributed by atoms with E-state index in [0.717, 1.165) is 44.6 Å². The molecule has 0 bridgehead atoms. The molecule has 0 atom stereocenters. The molecule has 31 heavy (non-hydrogen) atoms. The van der Waals surface area contributed by atoms with Crippen LogP contribution in [0.2, 0.25) is 0 Å². The Morgan fingerprint density at radius 3 is 2.61 bits per heavy atom. The van der Waals surface area contributed by atoms with Gasteiger partial charge in [0.1, 0.15) is 5.01 Å². The Hall–Kier alpha value is -3.04. The van der Waals surface area contributed by atoms with Crippen molar-refractivity contribution in [3.8, 4) is 11.3 Å². The van der Waals surface area contributed by atoms with Crippen molar-refractivity contribution < 1.29 is 0 Å². The summed E-state index contributed by atoms with van der Waals surface area (Å²) in [5.74, 6) is 0.521. The van der Waals surface area contributed by atoms with E-state index in [-0.39, 0.29) is 5.56 Å². The first-order valence-electron chi connectivity index (χ1n) is 9.97. The fourth-order valence-corrected chi connectivity index (χ4v) is 5.24. The highest BCUT2D eigenvalue weighted by molar-refractivity contribution is 7.98. The fraction of sp³-hybridized carbons (Fsp3) is 0.227. The molecule has 4 heterocycles. The summed E-state index contributed by atoms with van der Waals surface area (Å²) in [6, 6.07) is 13.8. The second-order valence-electron chi connectivity index (χ2n) is 7.26. The van der Waals surface area contributed by atoms with Crippen LogP contribution in [0.25, 0.3) is 21.7 Å². The lowest BCUT2D eigenvalue weighted by atomic mass is 10.1. The van der Waals surface area contributed by atoms with Gasteiger partial charge in [-0.1, -0.05) is 60.4 Å². The number of imidazole rings is 1. The van der Waals surface area contributed by atoms with Crippen LogP contribution in [0.15, 0.2) is 52.4 Å². The lowest BCUT2D eigenvalue weighted by Crippen LogP contribution is -2.15. The van der Waals surface area contributed by atoms with Gasteiger partial charge < -0.3 is 0 Å². The molecule has 0 aliphatic heterocycles. The van der Waals surface area contributed by atoms with Gasteiger partial charge in [0, 0.05) is 17.4 Å². The summed E-state index contributed by atoms with van der Waals surface area (Å²) in [6.45, 7) is 6.08. The summed E-state index contributed by atoms with van der Waals surface area (Å²) >= 11 is 2.98. The predicted molar refractivity (Wildman–Crippen MR) is 124 cm³/mol. The second kappa shape index (κ2) is 7.90. The lowest BCUT2D eigenvalue weighted by molar-refractivity contribution is 0.792. The molecule has 0 radical (unpaired) electrons. The molecule has 0 amide bonds. The molecule has 0 N–H and O–H groups in total. The normalized spacial score (nSPS) is 11.6. The molecule has 0 saturated heterocycles. The van der Waals surface area contributed by atoms with Crippen LogP contribution >= 0.6 is 23.1 Å². The van der Waals surface area contributed by atoms with Gasteiger partial charge in [-0.3, -0.25) is 4.79 Å². The third-order valence-corrected chi connectivity index (χ3v) is 6.94. The molecule has 7 nitrogen and oxygen atoms in total. The van der Waals surface area contributed by atoms with Gasteiger partial charge in [-0.05, 0) is 31.9 Å². The van der Waals surface area contributed by atoms with Crippen molar-refractivity contribution in [2.45, 2.75) is 38.1 Å². The summed E-state index contributed by atoms with van der Waals surface area (Å²) in [6.07, 6.45) is 0.782. The number of aromatic nitrogens is 6. The van der Waals surface area contributed by atoms with Gasteiger partial charge in [0.2, 0.25) is 4.96 Å². The van der Waals surface area contributed by atoms with E-state index in [0.29, 0.717) is 16.4 Å². The van der Waals surface area contributed by atoms with Gasteiger partial charge in [0.05, 0.1) is 22.6 Å². The van der Waals surface area contributed by atoms with Crippen LogP contribution in [-0.2, 0) is 12.2 Å². The van der Waals surface area contributed by atoms with E-state index in [9.17, 15) is 4.79 Å². The number of hydrogen-bond donors (Lipinski definition) is 0. The van der Waals surface area contributed by atoms with Crippen LogP contribution < -0.4 is 5.56 Å². The van der Waals surface area contributed by atoms with Crippen LogP contribution in [0, 0.1) is 13.8 Å². The first kappa shape index (κ1) is 19.9. The molecule has 156 valence electrons. The average molecular weight is 449 g/mol. The summed E-state index contributed by atoms with van der Waals surface area (Å²) in [4.78, 5) is 22.6. The fourth-order valence-electron chi connectivity index (χ4n) is 3.55. The van der Waals surface area contributed by atoms with E-state index >= 15 is 0 Å². The molecular weight excluding hydrogens is 428 g/mol. The molecule has 5 aromatic rings.